The van der Waals surface area contributed by atoms with Crippen molar-refractivity contribution in [3.05, 3.63) is 0 Å². The van der Waals surface area contributed by atoms with Crippen LogP contribution in [0.5, 0.6) is 0 Å². The van der Waals surface area contributed by atoms with Gasteiger partial charge in [0.05, 0.1) is 0 Å². The molecule has 17 heavy (non-hydrogen) atoms. The maximum absolute atomic E-state index is 3.87. The molecule has 0 atom stereocenters. The van der Waals surface area contributed by atoms with E-state index in [0.717, 1.165) is 6.04 Å². The summed E-state index contributed by atoms with van der Waals surface area (Å²) in [7, 11) is 4.54. The first kappa shape index (κ1) is 13.4. The predicted octanol–water partition coefficient (Wildman–Crippen LogP) is 3.17. The summed E-state index contributed by atoms with van der Waals surface area (Å²) in [6.07, 6.45) is 14.2. The van der Waals surface area contributed by atoms with Crippen molar-refractivity contribution < 1.29 is 0 Å². The largest absolute Gasteiger partial charge is 0.312 e. The van der Waals surface area contributed by atoms with Crippen LogP contribution in [0.4, 0.5) is 0 Å². The topological polar surface area (TPSA) is 15.3 Å². The second-order valence-corrected chi connectivity index (χ2v) is 6.40. The molecule has 2 aliphatic carbocycles. The van der Waals surface area contributed by atoms with Crippen LogP contribution < -0.4 is 5.32 Å². The van der Waals surface area contributed by atoms with Gasteiger partial charge in [-0.1, -0.05) is 38.5 Å². The van der Waals surface area contributed by atoms with Gasteiger partial charge in [0.15, 0.2) is 0 Å². The molecule has 0 spiro atoms. The minimum atomic E-state index is 0.454. The molecule has 1 N–H and O–H groups in total. The number of nitrogens with one attached hydrogen (secondary N) is 1. The first-order chi connectivity index (χ1) is 8.23. The highest BCUT2D eigenvalue weighted by molar-refractivity contribution is 4.93. The molecule has 0 amide bonds. The highest BCUT2D eigenvalue weighted by Crippen LogP contribution is 2.32. The standard InChI is InChI=1S/C15H30N2/c1-17(2)15(11-7-4-8-12-15)13-16-14-9-5-3-6-10-14/h14,16H,3-13H2,1-2H3. The zero-order valence-electron chi connectivity index (χ0n) is 11.8. The first-order valence-corrected chi connectivity index (χ1v) is 7.64. The number of likely N-dealkylation sites (N-methyl/N-ethyl adjacent to an activating group) is 1. The van der Waals surface area contributed by atoms with E-state index in [1.165, 1.54) is 70.8 Å². The number of hydrogen-bond acceptors (Lipinski definition) is 2. The first-order valence-electron chi connectivity index (χ1n) is 7.64. The van der Waals surface area contributed by atoms with Gasteiger partial charge >= 0.3 is 0 Å². The Balaban J connectivity index is 1.84. The van der Waals surface area contributed by atoms with Crippen LogP contribution in [0, 0.1) is 0 Å². The lowest BCUT2D eigenvalue weighted by Gasteiger charge is -2.44. The third kappa shape index (κ3) is 3.45. The van der Waals surface area contributed by atoms with Crippen molar-refractivity contribution in [3.8, 4) is 0 Å². The number of rotatable bonds is 4. The Morgan fingerprint density at radius 2 is 1.53 bits per heavy atom. The maximum Gasteiger partial charge on any atom is 0.0327 e. The third-order valence-electron chi connectivity index (χ3n) is 5.06. The molecule has 2 saturated carbocycles. The Hall–Kier alpha value is -0.0800. The normalized spacial score (nSPS) is 26.3. The van der Waals surface area contributed by atoms with Gasteiger partial charge in [0.1, 0.15) is 0 Å². The quantitative estimate of drug-likeness (QED) is 0.809. The van der Waals surface area contributed by atoms with Crippen LogP contribution in [0.1, 0.15) is 64.2 Å². The monoisotopic (exact) mass is 238 g/mol. The number of hydrogen-bond donors (Lipinski definition) is 1. The van der Waals surface area contributed by atoms with Gasteiger partial charge in [-0.05, 0) is 39.8 Å². The fourth-order valence-corrected chi connectivity index (χ4v) is 3.63. The molecule has 0 unspecified atom stereocenters. The van der Waals surface area contributed by atoms with E-state index in [0.29, 0.717) is 5.54 Å². The van der Waals surface area contributed by atoms with Crippen molar-refractivity contribution in [2.45, 2.75) is 75.8 Å². The van der Waals surface area contributed by atoms with E-state index >= 15 is 0 Å². The van der Waals surface area contributed by atoms with Gasteiger partial charge in [-0.15, -0.1) is 0 Å². The molecular formula is C15H30N2. The Labute approximate surface area is 107 Å². The van der Waals surface area contributed by atoms with E-state index in [1.54, 1.807) is 0 Å². The van der Waals surface area contributed by atoms with Gasteiger partial charge < -0.3 is 10.2 Å². The van der Waals surface area contributed by atoms with Crippen molar-refractivity contribution in [2.24, 2.45) is 0 Å². The lowest BCUT2D eigenvalue weighted by molar-refractivity contribution is 0.0931. The SMILES string of the molecule is CN(C)C1(CNC2CCCCC2)CCCCC1. The van der Waals surface area contributed by atoms with E-state index in [9.17, 15) is 0 Å². The van der Waals surface area contributed by atoms with Crippen molar-refractivity contribution in [2.75, 3.05) is 20.6 Å². The average molecular weight is 238 g/mol. The van der Waals surface area contributed by atoms with Crippen molar-refractivity contribution in [1.82, 2.24) is 10.2 Å². The fourth-order valence-electron chi connectivity index (χ4n) is 3.63. The smallest absolute Gasteiger partial charge is 0.0327 e. The van der Waals surface area contributed by atoms with Gasteiger partial charge in [-0.2, -0.15) is 0 Å². The van der Waals surface area contributed by atoms with Crippen LogP contribution in [0.25, 0.3) is 0 Å². The number of nitrogens with zero attached hydrogens (tertiary/aromatic N) is 1. The Morgan fingerprint density at radius 1 is 0.941 bits per heavy atom. The molecular weight excluding hydrogens is 208 g/mol. The van der Waals surface area contributed by atoms with Crippen LogP contribution in [0.3, 0.4) is 0 Å². The summed E-state index contributed by atoms with van der Waals surface area (Å²) >= 11 is 0. The van der Waals surface area contributed by atoms with Gasteiger partial charge in [0.2, 0.25) is 0 Å². The van der Waals surface area contributed by atoms with Crippen LogP contribution in [-0.2, 0) is 0 Å². The van der Waals surface area contributed by atoms with E-state index in [-0.39, 0.29) is 0 Å². The lowest BCUT2D eigenvalue weighted by atomic mass is 9.80. The summed E-state index contributed by atoms with van der Waals surface area (Å²) in [5.74, 6) is 0. The van der Waals surface area contributed by atoms with Crippen LogP contribution in [-0.4, -0.2) is 37.1 Å². The molecule has 2 nitrogen and oxygen atoms in total. The zero-order chi connectivity index (χ0) is 12.1. The molecule has 0 aromatic carbocycles. The van der Waals surface area contributed by atoms with E-state index in [2.05, 4.69) is 24.3 Å². The zero-order valence-corrected chi connectivity index (χ0v) is 11.8. The third-order valence-corrected chi connectivity index (χ3v) is 5.06. The van der Waals surface area contributed by atoms with Crippen molar-refractivity contribution >= 4 is 0 Å². The molecule has 0 bridgehead atoms. The highest BCUT2D eigenvalue weighted by atomic mass is 15.2. The Bertz CT molecular complexity index is 213. The molecule has 2 aliphatic rings. The molecule has 2 rings (SSSR count). The van der Waals surface area contributed by atoms with Gasteiger partial charge in [-0.25, -0.2) is 0 Å². The lowest BCUT2D eigenvalue weighted by Crippen LogP contribution is -2.54. The average Bonchev–Trinajstić information content (AvgIpc) is 2.38. The summed E-state index contributed by atoms with van der Waals surface area (Å²) in [4.78, 5) is 2.49. The molecule has 100 valence electrons. The summed E-state index contributed by atoms with van der Waals surface area (Å²) in [5, 5.41) is 3.87. The fraction of sp³-hybridized carbons (Fsp3) is 1.00. The second kappa shape index (κ2) is 6.19. The van der Waals surface area contributed by atoms with Gasteiger partial charge in [0, 0.05) is 18.1 Å². The van der Waals surface area contributed by atoms with Crippen LogP contribution in [0.15, 0.2) is 0 Å². The van der Waals surface area contributed by atoms with Gasteiger partial charge in [-0.3, -0.25) is 0 Å². The second-order valence-electron chi connectivity index (χ2n) is 6.40. The van der Waals surface area contributed by atoms with E-state index in [4.69, 9.17) is 0 Å². The summed E-state index contributed by atoms with van der Waals surface area (Å²) < 4.78 is 0. The van der Waals surface area contributed by atoms with E-state index in [1.807, 2.05) is 0 Å². The Morgan fingerprint density at radius 3 is 2.12 bits per heavy atom. The van der Waals surface area contributed by atoms with Crippen LogP contribution >= 0.6 is 0 Å². The van der Waals surface area contributed by atoms with Gasteiger partial charge in [0.25, 0.3) is 0 Å². The minimum absolute atomic E-state index is 0.454. The molecule has 2 fully saturated rings. The molecule has 2 heteroatoms. The minimum Gasteiger partial charge on any atom is -0.312 e. The van der Waals surface area contributed by atoms with Crippen LogP contribution in [0.2, 0.25) is 0 Å². The molecule has 0 aliphatic heterocycles. The summed E-state index contributed by atoms with van der Waals surface area (Å²) in [6, 6.07) is 0.808. The summed E-state index contributed by atoms with van der Waals surface area (Å²) in [6.45, 7) is 1.21. The molecule has 0 saturated heterocycles. The summed E-state index contributed by atoms with van der Waals surface area (Å²) in [5.41, 5.74) is 0.454. The molecule has 0 heterocycles. The molecule has 0 aromatic rings. The Kier molecular flexibility index (Phi) is 4.87. The predicted molar refractivity (Wildman–Crippen MR) is 74.4 cm³/mol. The molecule has 0 aromatic heterocycles. The molecule has 0 radical (unpaired) electrons. The highest BCUT2D eigenvalue weighted by Gasteiger charge is 2.34. The van der Waals surface area contributed by atoms with E-state index < -0.39 is 0 Å². The van der Waals surface area contributed by atoms with Crippen molar-refractivity contribution in [1.29, 1.82) is 0 Å². The maximum atomic E-state index is 3.87. The van der Waals surface area contributed by atoms with Crippen molar-refractivity contribution in [3.63, 3.8) is 0 Å².